The number of carbonyl (C=O) groups excluding carboxylic acids is 1. The van der Waals surface area contributed by atoms with Crippen molar-refractivity contribution in [1.29, 1.82) is 0 Å². The van der Waals surface area contributed by atoms with Crippen molar-refractivity contribution in [3.63, 3.8) is 0 Å². The zero-order valence-electron chi connectivity index (χ0n) is 13.2. The number of nitrogens with two attached hydrogens (primary N) is 1. The van der Waals surface area contributed by atoms with E-state index in [0.717, 1.165) is 12.1 Å². The minimum absolute atomic E-state index is 0.0713. The summed E-state index contributed by atoms with van der Waals surface area (Å²) in [7, 11) is 0.891. The molecule has 2 aliphatic rings. The number of rotatable bonds is 1. The number of amides is 1. The van der Waals surface area contributed by atoms with Gasteiger partial charge in [0, 0.05) is 19.5 Å². The number of nitrogens with zero attached hydrogens (tertiary/aromatic N) is 3. The molecular weight excluding hydrogens is 381 g/mol. The molecule has 1 aliphatic carbocycles. The summed E-state index contributed by atoms with van der Waals surface area (Å²) in [4.78, 5) is 36.2. The Labute approximate surface area is 148 Å². The van der Waals surface area contributed by atoms with Crippen LogP contribution in [0.25, 0.3) is 5.70 Å². The van der Waals surface area contributed by atoms with Crippen molar-refractivity contribution >= 4 is 23.2 Å². The second-order valence-electron chi connectivity index (χ2n) is 5.69. The van der Waals surface area contributed by atoms with Gasteiger partial charge in [0.15, 0.2) is 6.61 Å². The van der Waals surface area contributed by atoms with E-state index in [2.05, 4.69) is 0 Å². The Balaban J connectivity index is 2.17. The second kappa shape index (κ2) is 6.02. The first-order chi connectivity index (χ1) is 12.0. The van der Waals surface area contributed by atoms with Crippen LogP contribution < -0.4 is 17.1 Å². The van der Waals surface area contributed by atoms with Crippen LogP contribution in [0.3, 0.4) is 0 Å². The van der Waals surface area contributed by atoms with Gasteiger partial charge in [-0.1, -0.05) is 11.6 Å². The average molecular weight is 393 g/mol. The van der Waals surface area contributed by atoms with Crippen LogP contribution in [-0.2, 0) is 22.8 Å². The molecule has 0 radical (unpaired) electrons. The lowest BCUT2D eigenvalue weighted by molar-refractivity contribution is -0.144. The third-order valence-electron chi connectivity index (χ3n) is 4.13. The molecule has 2 heterocycles. The summed E-state index contributed by atoms with van der Waals surface area (Å²) in [6, 6.07) is -0.520. The van der Waals surface area contributed by atoms with Crippen molar-refractivity contribution in [2.45, 2.75) is 18.6 Å². The second-order valence-corrected chi connectivity index (χ2v) is 6.10. The van der Waals surface area contributed by atoms with E-state index in [1.165, 1.54) is 6.08 Å². The Morgan fingerprint density at radius 1 is 1.31 bits per heavy atom. The molecule has 1 amide bonds. The fourth-order valence-corrected chi connectivity index (χ4v) is 3.07. The van der Waals surface area contributed by atoms with E-state index in [1.807, 2.05) is 0 Å². The van der Waals surface area contributed by atoms with Gasteiger partial charge in [0.2, 0.25) is 0 Å². The Morgan fingerprint density at radius 2 is 1.96 bits per heavy atom. The van der Waals surface area contributed by atoms with Crippen molar-refractivity contribution in [2.75, 3.05) is 6.61 Å². The zero-order valence-corrected chi connectivity index (χ0v) is 14.0. The van der Waals surface area contributed by atoms with Gasteiger partial charge in [0.05, 0.1) is 10.7 Å². The van der Waals surface area contributed by atoms with Crippen LogP contribution in [-0.4, -0.2) is 32.7 Å². The van der Waals surface area contributed by atoms with Gasteiger partial charge >= 0.3 is 11.9 Å². The highest BCUT2D eigenvalue weighted by Gasteiger charge is 2.38. The van der Waals surface area contributed by atoms with Crippen LogP contribution >= 0.6 is 11.6 Å². The van der Waals surface area contributed by atoms with Gasteiger partial charge in [-0.05, 0) is 6.08 Å². The Hall–Kier alpha value is -2.53. The summed E-state index contributed by atoms with van der Waals surface area (Å²) >= 11 is 6.10. The SMILES string of the molecule is Cn1c(C(F)(F)F)cc(=O)n(C2=C(Cl)C=C3OCC(=O)N(N)C3C2)c1=O. The first-order valence-corrected chi connectivity index (χ1v) is 7.60. The number of fused-ring (bicyclic) bond motifs is 1. The van der Waals surface area contributed by atoms with Gasteiger partial charge in [-0.2, -0.15) is 13.2 Å². The van der Waals surface area contributed by atoms with Gasteiger partial charge in [0.25, 0.3) is 11.5 Å². The monoisotopic (exact) mass is 392 g/mol. The summed E-state index contributed by atoms with van der Waals surface area (Å²) in [5, 5.41) is 0.802. The van der Waals surface area contributed by atoms with Crippen LogP contribution in [0.15, 0.2) is 32.5 Å². The van der Waals surface area contributed by atoms with Crippen molar-refractivity contribution in [1.82, 2.24) is 14.1 Å². The topological polar surface area (TPSA) is 99.6 Å². The summed E-state index contributed by atoms with van der Waals surface area (Å²) in [6.45, 7) is -0.291. The normalized spacial score (nSPS) is 20.7. The molecule has 140 valence electrons. The van der Waals surface area contributed by atoms with Crippen molar-refractivity contribution in [3.05, 3.63) is 49.5 Å². The van der Waals surface area contributed by atoms with Crippen LogP contribution in [0.1, 0.15) is 12.1 Å². The summed E-state index contributed by atoms with van der Waals surface area (Å²) < 4.78 is 44.9. The van der Waals surface area contributed by atoms with Crippen LogP contribution in [0.4, 0.5) is 13.2 Å². The molecule has 3 rings (SSSR count). The molecule has 12 heteroatoms. The Kier molecular flexibility index (Phi) is 4.23. The number of ether oxygens (including phenoxy) is 1. The predicted molar refractivity (Wildman–Crippen MR) is 83.5 cm³/mol. The highest BCUT2D eigenvalue weighted by atomic mass is 35.5. The maximum atomic E-state index is 12.9. The molecule has 1 unspecified atom stereocenters. The summed E-state index contributed by atoms with van der Waals surface area (Å²) in [5.41, 5.74) is -3.88. The molecular formula is C14H12ClF3N4O4. The van der Waals surface area contributed by atoms with Gasteiger partial charge in [0.1, 0.15) is 17.5 Å². The number of allylic oxidation sites excluding steroid dienone is 2. The van der Waals surface area contributed by atoms with Crippen LogP contribution in [0.2, 0.25) is 0 Å². The van der Waals surface area contributed by atoms with Gasteiger partial charge in [-0.3, -0.25) is 19.2 Å². The third-order valence-corrected chi connectivity index (χ3v) is 4.45. The zero-order chi connectivity index (χ0) is 19.4. The number of hydrogen-bond donors (Lipinski definition) is 1. The summed E-state index contributed by atoms with van der Waals surface area (Å²) in [5.74, 6) is 5.41. The minimum atomic E-state index is -4.87. The van der Waals surface area contributed by atoms with E-state index in [9.17, 15) is 27.6 Å². The van der Waals surface area contributed by atoms with E-state index in [1.54, 1.807) is 0 Å². The smallest absolute Gasteiger partial charge is 0.431 e. The highest BCUT2D eigenvalue weighted by molar-refractivity contribution is 6.33. The van der Waals surface area contributed by atoms with E-state index in [-0.39, 0.29) is 29.5 Å². The van der Waals surface area contributed by atoms with E-state index in [4.69, 9.17) is 22.2 Å². The number of halogens is 4. The number of aromatic nitrogens is 2. The van der Waals surface area contributed by atoms with Crippen LogP contribution in [0, 0.1) is 0 Å². The lowest BCUT2D eigenvalue weighted by Crippen LogP contribution is -2.53. The molecule has 8 nitrogen and oxygen atoms in total. The van der Waals surface area contributed by atoms with E-state index in [0.29, 0.717) is 15.2 Å². The number of morpholine rings is 1. The predicted octanol–water partition coefficient (Wildman–Crippen LogP) is 0.362. The number of hydrogen-bond acceptors (Lipinski definition) is 5. The first kappa shape index (κ1) is 18.3. The quantitative estimate of drug-likeness (QED) is 0.549. The van der Waals surface area contributed by atoms with Gasteiger partial charge in [-0.25, -0.2) is 15.2 Å². The molecule has 1 aromatic rings. The fraction of sp³-hybridized carbons (Fsp3) is 0.357. The number of hydrazine groups is 1. The molecule has 1 fully saturated rings. The van der Waals surface area contributed by atoms with Gasteiger partial charge < -0.3 is 4.74 Å². The van der Waals surface area contributed by atoms with E-state index < -0.39 is 35.1 Å². The molecule has 0 aromatic carbocycles. The molecule has 2 N–H and O–H groups in total. The van der Waals surface area contributed by atoms with Crippen molar-refractivity contribution in [2.24, 2.45) is 12.9 Å². The molecule has 1 aliphatic heterocycles. The largest absolute Gasteiger partial charge is 0.486 e. The molecule has 1 saturated heterocycles. The molecule has 0 bridgehead atoms. The first-order valence-electron chi connectivity index (χ1n) is 7.23. The summed E-state index contributed by atoms with van der Waals surface area (Å²) in [6.07, 6.45) is -3.77. The fourth-order valence-electron chi connectivity index (χ4n) is 2.80. The molecule has 0 saturated carbocycles. The van der Waals surface area contributed by atoms with Gasteiger partial charge in [-0.15, -0.1) is 0 Å². The molecule has 1 aromatic heterocycles. The number of carbonyl (C=O) groups is 1. The van der Waals surface area contributed by atoms with Crippen molar-refractivity contribution < 1.29 is 22.7 Å². The lowest BCUT2D eigenvalue weighted by Gasteiger charge is -2.36. The van der Waals surface area contributed by atoms with Crippen LogP contribution in [0.5, 0.6) is 0 Å². The Bertz CT molecular complexity index is 976. The maximum Gasteiger partial charge on any atom is 0.431 e. The minimum Gasteiger partial charge on any atom is -0.486 e. The van der Waals surface area contributed by atoms with E-state index >= 15 is 0 Å². The molecule has 0 spiro atoms. The number of alkyl halides is 3. The van der Waals surface area contributed by atoms with Crippen molar-refractivity contribution in [3.8, 4) is 0 Å². The average Bonchev–Trinajstić information content (AvgIpc) is 2.54. The third kappa shape index (κ3) is 2.82. The standard InChI is InChI=1S/C14H12ClF3N4O4/c1-20-10(14(16,17)18)4-11(23)21(13(20)25)7-3-8-9(2-6(7)15)26-5-12(24)22(8)19/h2,4,8H,3,5,19H2,1H3. The Morgan fingerprint density at radius 3 is 2.58 bits per heavy atom. The highest BCUT2D eigenvalue weighted by Crippen LogP contribution is 2.33. The molecule has 26 heavy (non-hydrogen) atoms. The molecule has 1 atom stereocenters. The maximum absolute atomic E-state index is 12.9. The lowest BCUT2D eigenvalue weighted by atomic mass is 10.0.